The fraction of sp³-hybridized carbons (Fsp3) is 0.435. The molecule has 1 N–H and O–H groups in total. The van der Waals surface area contributed by atoms with Crippen LogP contribution in [0.4, 0.5) is 30.7 Å². The van der Waals surface area contributed by atoms with Crippen molar-refractivity contribution in [1.82, 2.24) is 5.32 Å². The van der Waals surface area contributed by atoms with E-state index in [1.807, 2.05) is 12.1 Å². The van der Waals surface area contributed by atoms with Gasteiger partial charge in [0.15, 0.2) is 10.6 Å². The summed E-state index contributed by atoms with van der Waals surface area (Å²) in [5.74, 6) is -1.06. The Balaban J connectivity index is 0.000000405. The summed E-state index contributed by atoms with van der Waals surface area (Å²) in [5, 5.41) is 2.28. The Labute approximate surface area is 227 Å². The van der Waals surface area contributed by atoms with E-state index in [1.165, 1.54) is 0 Å². The summed E-state index contributed by atoms with van der Waals surface area (Å²) in [5.41, 5.74) is 2.40. The highest BCUT2D eigenvalue weighted by Gasteiger charge is 2.60. The molecule has 3 nitrogen and oxygen atoms in total. The van der Waals surface area contributed by atoms with E-state index in [9.17, 15) is 30.7 Å². The zero-order valence-electron chi connectivity index (χ0n) is 18.7. The van der Waals surface area contributed by atoms with Crippen molar-refractivity contribution in [1.29, 1.82) is 0 Å². The fourth-order valence-electron chi connectivity index (χ4n) is 4.25. The predicted octanol–water partition coefficient (Wildman–Crippen LogP) is 7.63. The van der Waals surface area contributed by atoms with Crippen LogP contribution >= 0.6 is 47.8 Å². The van der Waals surface area contributed by atoms with E-state index in [2.05, 4.69) is 22.3 Å². The molecule has 0 aromatic heterocycles. The number of thiol groups is 1. The molecule has 3 heterocycles. The average molecular weight is 607 g/mol. The molecule has 2 aromatic rings. The van der Waals surface area contributed by atoms with Gasteiger partial charge in [0, 0.05) is 19.5 Å². The quantitative estimate of drug-likeness (QED) is 0.163. The van der Waals surface area contributed by atoms with E-state index in [-0.39, 0.29) is 16.9 Å². The van der Waals surface area contributed by atoms with Crippen molar-refractivity contribution in [3.8, 4) is 0 Å². The van der Waals surface area contributed by atoms with Gasteiger partial charge in [-0.2, -0.15) is 39.0 Å². The molecule has 0 bridgehead atoms. The third kappa shape index (κ3) is 5.60. The molecule has 1 fully saturated rings. The molecule has 0 amide bonds. The lowest BCUT2D eigenvalue weighted by Crippen LogP contribution is -2.56. The van der Waals surface area contributed by atoms with Gasteiger partial charge in [-0.25, -0.2) is 8.79 Å². The molecule has 3 aliphatic rings. The van der Waals surface area contributed by atoms with Gasteiger partial charge in [-0.3, -0.25) is 0 Å². The highest BCUT2D eigenvalue weighted by Crippen LogP contribution is 2.57. The predicted molar refractivity (Wildman–Crippen MR) is 133 cm³/mol. The summed E-state index contributed by atoms with van der Waals surface area (Å²) in [7, 11) is 0. The van der Waals surface area contributed by atoms with Crippen LogP contribution in [0.3, 0.4) is 0 Å². The minimum Gasteiger partial charge on any atom is -0.363 e. The van der Waals surface area contributed by atoms with Crippen molar-refractivity contribution in [2.45, 2.75) is 42.1 Å². The molecule has 1 saturated heterocycles. The highest BCUT2D eigenvalue weighted by molar-refractivity contribution is 7.99. The van der Waals surface area contributed by atoms with Crippen LogP contribution < -0.4 is 5.32 Å². The van der Waals surface area contributed by atoms with Gasteiger partial charge in [-0.05, 0) is 58.2 Å². The molecule has 1 spiro atoms. The Hall–Kier alpha value is -1.18. The Morgan fingerprint density at radius 3 is 2.19 bits per heavy atom. The molecule has 3 aliphatic heterocycles. The molecule has 5 rings (SSSR count). The van der Waals surface area contributed by atoms with Crippen LogP contribution in [0.1, 0.15) is 35.1 Å². The number of nitrogens with one attached hydrogen (secondary N) is 1. The summed E-state index contributed by atoms with van der Waals surface area (Å²) < 4.78 is 97.2. The number of nitrogens with zero attached hydrogens (tertiary/aromatic N) is 1. The maximum atomic E-state index is 14.2. The van der Waals surface area contributed by atoms with Crippen LogP contribution in [0.2, 0.25) is 10.0 Å². The van der Waals surface area contributed by atoms with Crippen LogP contribution in [-0.2, 0) is 21.7 Å². The Kier molecular flexibility index (Phi) is 8.12. The first-order chi connectivity index (χ1) is 17.2. The monoisotopic (exact) mass is 606 g/mol. The number of fused-ring (bicyclic) bond motifs is 2. The molecule has 2 aromatic carbocycles. The van der Waals surface area contributed by atoms with E-state index < -0.39 is 45.8 Å². The minimum absolute atomic E-state index is 0.122. The van der Waals surface area contributed by atoms with E-state index in [1.54, 1.807) is 6.07 Å². The van der Waals surface area contributed by atoms with Gasteiger partial charge in [-0.1, -0.05) is 35.3 Å². The molecule has 0 radical (unpaired) electrons. The second-order valence-electron chi connectivity index (χ2n) is 8.73. The average Bonchev–Trinajstić information content (AvgIpc) is 3.39. The topological polar surface area (TPSA) is 33.6 Å². The zero-order chi connectivity index (χ0) is 27.2. The van der Waals surface area contributed by atoms with Crippen LogP contribution in [0.25, 0.3) is 0 Å². The Morgan fingerprint density at radius 2 is 1.70 bits per heavy atom. The van der Waals surface area contributed by atoms with Crippen LogP contribution in [-0.4, -0.2) is 36.9 Å². The number of benzene rings is 2. The largest absolute Gasteiger partial charge is 0.409 e. The smallest absolute Gasteiger partial charge is 0.363 e. The summed E-state index contributed by atoms with van der Waals surface area (Å²) in [6.45, 7) is 1.86. The lowest BCUT2D eigenvalue weighted by molar-refractivity contribution is -0.159. The van der Waals surface area contributed by atoms with E-state index in [4.69, 9.17) is 27.9 Å². The van der Waals surface area contributed by atoms with Crippen LogP contribution in [0.5, 0.6) is 0 Å². The number of rotatable bonds is 3. The van der Waals surface area contributed by atoms with Crippen LogP contribution in [0.15, 0.2) is 34.7 Å². The van der Waals surface area contributed by atoms with E-state index in [0.717, 1.165) is 36.3 Å². The van der Waals surface area contributed by atoms with E-state index in [0.29, 0.717) is 29.8 Å². The first-order valence-corrected chi connectivity index (χ1v) is 13.0. The van der Waals surface area contributed by atoms with Gasteiger partial charge in [0.1, 0.15) is 5.60 Å². The van der Waals surface area contributed by atoms with Gasteiger partial charge in [0.2, 0.25) is 0 Å². The Bertz CT molecular complexity index is 1200. The fourth-order valence-corrected chi connectivity index (χ4v) is 5.95. The number of alkyl halides is 6. The molecule has 1 unspecified atom stereocenters. The minimum atomic E-state index is -4.66. The first-order valence-electron chi connectivity index (χ1n) is 10.8. The summed E-state index contributed by atoms with van der Waals surface area (Å²) >= 11 is 15.4. The molecular weight excluding hydrogens is 588 g/mol. The summed E-state index contributed by atoms with van der Waals surface area (Å²) in [6, 6.07) is 7.49. The molecule has 202 valence electrons. The normalized spacial score (nSPS) is 22.3. The van der Waals surface area contributed by atoms with Crippen molar-refractivity contribution in [2.24, 2.45) is 4.40 Å². The third-order valence-electron chi connectivity index (χ3n) is 6.29. The number of hydrogen-bond donors (Lipinski definition) is 2. The Morgan fingerprint density at radius 1 is 1.05 bits per heavy atom. The third-order valence-corrected chi connectivity index (χ3v) is 8.29. The van der Waals surface area contributed by atoms with E-state index >= 15 is 0 Å². The van der Waals surface area contributed by atoms with Crippen LogP contribution in [0, 0.1) is 5.82 Å². The van der Waals surface area contributed by atoms with Crippen molar-refractivity contribution >= 4 is 53.5 Å². The summed E-state index contributed by atoms with van der Waals surface area (Å²) in [6.07, 6.45) is -9.89. The first kappa shape index (κ1) is 28.8. The molecular formula is C23H19Cl2F7N2OS2. The van der Waals surface area contributed by atoms with Crippen molar-refractivity contribution < 1.29 is 35.5 Å². The van der Waals surface area contributed by atoms with Crippen molar-refractivity contribution in [2.75, 3.05) is 18.8 Å². The summed E-state index contributed by atoms with van der Waals surface area (Å²) in [4.78, 5) is 0. The number of halogens is 9. The van der Waals surface area contributed by atoms with Gasteiger partial charge in [0.05, 0.1) is 28.8 Å². The van der Waals surface area contributed by atoms with Crippen molar-refractivity contribution in [3.63, 3.8) is 0 Å². The molecule has 1 atom stereocenters. The molecule has 0 aliphatic carbocycles. The lowest BCUT2D eigenvalue weighted by Gasteiger charge is -2.39. The van der Waals surface area contributed by atoms with Gasteiger partial charge in [0.25, 0.3) is 0 Å². The molecule has 0 saturated carbocycles. The van der Waals surface area contributed by atoms with Gasteiger partial charge >= 0.3 is 12.4 Å². The standard InChI is InChI=1S/C20H14Cl2F4N2OS.C3H5F3S/c21-14-4-12(5-15(22)17(14)23)19(20(24,25)26)6-16(28-30-19)10-1-2-13-11(3-10)7-29-18(13)8-27-9-18;4-3(5,6)1-2-7/h1-5,27H,6-9H2;7H,1-2H2. The zero-order valence-corrected chi connectivity index (χ0v) is 22.0. The van der Waals surface area contributed by atoms with Crippen molar-refractivity contribution in [3.05, 3.63) is 68.4 Å². The number of ether oxygens (including phenoxy) is 1. The maximum Gasteiger partial charge on any atom is 0.409 e. The molecule has 14 heteroatoms. The SMILES string of the molecule is FC(F)(F)CCS.Fc1c(Cl)cc(C2(C(F)(F)F)CC(c3ccc4c(c3)COC43CNC3)=NS2)cc1Cl. The second-order valence-corrected chi connectivity index (χ2v) is 11.1. The molecule has 37 heavy (non-hydrogen) atoms. The number of hydrogen-bond acceptors (Lipinski definition) is 5. The highest BCUT2D eigenvalue weighted by atomic mass is 35.5. The van der Waals surface area contributed by atoms with Gasteiger partial charge in [-0.15, -0.1) is 0 Å². The maximum absolute atomic E-state index is 14.2. The van der Waals surface area contributed by atoms with Gasteiger partial charge < -0.3 is 10.1 Å². The second kappa shape index (κ2) is 10.4. The lowest BCUT2D eigenvalue weighted by atomic mass is 9.85.